The lowest BCUT2D eigenvalue weighted by atomic mass is 10.0. The fourth-order valence-corrected chi connectivity index (χ4v) is 2.74. The second-order valence-corrected chi connectivity index (χ2v) is 7.93. The van der Waals surface area contributed by atoms with Crippen molar-refractivity contribution >= 4 is 23.7 Å². The van der Waals surface area contributed by atoms with Gasteiger partial charge < -0.3 is 36.9 Å². The van der Waals surface area contributed by atoms with Crippen LogP contribution in [0, 0.1) is 11.8 Å². The molecule has 12 nitrogen and oxygen atoms in total. The maximum atomic E-state index is 12.7. The average Bonchev–Trinajstić information content (AvgIpc) is 3.19. The number of nitrogens with two attached hydrogens (primary N) is 1. The average molecular weight is 441 g/mol. The Balaban J connectivity index is 2.78. The molecule has 0 bridgehead atoms. The van der Waals surface area contributed by atoms with Crippen LogP contribution in [0.5, 0.6) is 0 Å². The Bertz CT molecular complexity index is 751. The van der Waals surface area contributed by atoms with Crippen LogP contribution in [0.1, 0.15) is 33.4 Å². The van der Waals surface area contributed by atoms with Gasteiger partial charge in [0.2, 0.25) is 17.7 Å². The third kappa shape index (κ3) is 7.98. The highest BCUT2D eigenvalue weighted by molar-refractivity contribution is 5.94. The molecule has 0 saturated heterocycles. The van der Waals surface area contributed by atoms with E-state index in [-0.39, 0.29) is 12.3 Å². The lowest BCUT2D eigenvalue weighted by molar-refractivity contribution is -0.144. The summed E-state index contributed by atoms with van der Waals surface area (Å²) in [6.45, 7) is 5.86. The van der Waals surface area contributed by atoms with Crippen LogP contribution in [0.15, 0.2) is 12.5 Å². The molecule has 0 aliphatic rings. The molecule has 174 valence electrons. The van der Waals surface area contributed by atoms with E-state index in [1.54, 1.807) is 27.7 Å². The van der Waals surface area contributed by atoms with Gasteiger partial charge in [0.05, 0.1) is 19.0 Å². The standard InChI is InChI=1S/C19H32N6O6/c1-9(2)14(24-16(27)12(20)5-11-6-21-8-22-11)18(29)23-13(7-26)17(28)25-15(10(3)4)19(30)31/h6,8-10,12-15,26H,5,7,20H2,1-4H3,(H,21,22)(H,23,29)(H,24,27)(H,25,28)(H,30,31). The number of aromatic amines is 1. The van der Waals surface area contributed by atoms with Gasteiger partial charge in [-0.05, 0) is 11.8 Å². The Morgan fingerprint density at radius 2 is 1.58 bits per heavy atom. The van der Waals surface area contributed by atoms with E-state index in [2.05, 4.69) is 25.9 Å². The third-order valence-electron chi connectivity index (χ3n) is 4.62. The molecule has 8 N–H and O–H groups in total. The van der Waals surface area contributed by atoms with E-state index in [1.807, 2.05) is 0 Å². The number of aliphatic hydroxyl groups excluding tert-OH is 1. The monoisotopic (exact) mass is 440 g/mol. The summed E-state index contributed by atoms with van der Waals surface area (Å²) < 4.78 is 0. The topological polar surface area (TPSA) is 200 Å². The minimum Gasteiger partial charge on any atom is -0.480 e. The lowest BCUT2D eigenvalue weighted by Crippen LogP contribution is -2.59. The number of aliphatic carboxylic acids is 1. The van der Waals surface area contributed by atoms with E-state index >= 15 is 0 Å². The number of aliphatic hydroxyl groups is 1. The summed E-state index contributed by atoms with van der Waals surface area (Å²) in [4.78, 5) is 55.4. The number of H-pyrrole nitrogens is 1. The van der Waals surface area contributed by atoms with Crippen molar-refractivity contribution in [1.82, 2.24) is 25.9 Å². The van der Waals surface area contributed by atoms with Gasteiger partial charge in [0.1, 0.15) is 18.1 Å². The van der Waals surface area contributed by atoms with Gasteiger partial charge in [-0.15, -0.1) is 0 Å². The quantitative estimate of drug-likeness (QED) is 0.196. The van der Waals surface area contributed by atoms with Gasteiger partial charge >= 0.3 is 5.97 Å². The molecule has 0 aromatic carbocycles. The number of hydrogen-bond acceptors (Lipinski definition) is 7. The summed E-state index contributed by atoms with van der Waals surface area (Å²) in [7, 11) is 0. The number of nitrogens with zero attached hydrogens (tertiary/aromatic N) is 1. The van der Waals surface area contributed by atoms with Crippen LogP contribution >= 0.6 is 0 Å². The number of nitrogens with one attached hydrogen (secondary N) is 4. The molecule has 0 fully saturated rings. The number of hydrogen-bond donors (Lipinski definition) is 7. The predicted octanol–water partition coefficient (Wildman–Crippen LogP) is -1.88. The van der Waals surface area contributed by atoms with Crippen molar-refractivity contribution in [3.63, 3.8) is 0 Å². The molecule has 1 aromatic heterocycles. The molecule has 31 heavy (non-hydrogen) atoms. The van der Waals surface area contributed by atoms with Crippen molar-refractivity contribution in [2.24, 2.45) is 17.6 Å². The van der Waals surface area contributed by atoms with E-state index < -0.39 is 60.4 Å². The minimum atomic E-state index is -1.38. The van der Waals surface area contributed by atoms with E-state index in [4.69, 9.17) is 5.73 Å². The Kier molecular flexibility index (Phi) is 10.1. The number of aromatic nitrogens is 2. The number of carbonyl (C=O) groups excluding carboxylic acids is 3. The summed E-state index contributed by atoms with van der Waals surface area (Å²) in [5.41, 5.74) is 6.55. The van der Waals surface area contributed by atoms with Gasteiger partial charge in [-0.25, -0.2) is 9.78 Å². The van der Waals surface area contributed by atoms with E-state index in [0.29, 0.717) is 5.69 Å². The molecule has 1 heterocycles. The van der Waals surface area contributed by atoms with Crippen LogP contribution in [-0.4, -0.2) is 74.6 Å². The molecule has 0 saturated carbocycles. The third-order valence-corrected chi connectivity index (χ3v) is 4.62. The van der Waals surface area contributed by atoms with Crippen LogP contribution in [0.3, 0.4) is 0 Å². The highest BCUT2D eigenvalue weighted by atomic mass is 16.4. The zero-order chi connectivity index (χ0) is 23.7. The molecular weight excluding hydrogens is 408 g/mol. The molecule has 0 aliphatic carbocycles. The first-order chi connectivity index (χ1) is 14.5. The van der Waals surface area contributed by atoms with Crippen molar-refractivity contribution in [3.05, 3.63) is 18.2 Å². The zero-order valence-electron chi connectivity index (χ0n) is 18.1. The summed E-state index contributed by atoms with van der Waals surface area (Å²) >= 11 is 0. The van der Waals surface area contributed by atoms with Crippen LogP contribution in [-0.2, 0) is 25.6 Å². The van der Waals surface area contributed by atoms with Crippen LogP contribution < -0.4 is 21.7 Å². The van der Waals surface area contributed by atoms with E-state index in [0.717, 1.165) is 0 Å². The highest BCUT2D eigenvalue weighted by Gasteiger charge is 2.32. The molecule has 4 unspecified atom stereocenters. The minimum absolute atomic E-state index is 0.186. The first-order valence-electron chi connectivity index (χ1n) is 9.95. The molecule has 3 amide bonds. The number of carboxylic acids is 1. The van der Waals surface area contributed by atoms with Crippen molar-refractivity contribution in [2.75, 3.05) is 6.61 Å². The van der Waals surface area contributed by atoms with Gasteiger partial charge in [0.15, 0.2) is 0 Å². The van der Waals surface area contributed by atoms with Gasteiger partial charge in [0.25, 0.3) is 0 Å². The number of rotatable bonds is 12. The summed E-state index contributed by atoms with van der Waals surface area (Å²) in [5.74, 6) is -4.11. The fraction of sp³-hybridized carbons (Fsp3) is 0.632. The van der Waals surface area contributed by atoms with Gasteiger partial charge in [-0.3, -0.25) is 14.4 Å². The molecule has 12 heteroatoms. The normalized spacial score (nSPS) is 15.1. The molecule has 0 spiro atoms. The first kappa shape index (κ1) is 26.0. The number of amides is 3. The van der Waals surface area contributed by atoms with E-state index in [9.17, 15) is 29.4 Å². The summed E-state index contributed by atoms with van der Waals surface area (Å²) in [6.07, 6.45) is 3.18. The molecule has 4 atom stereocenters. The van der Waals surface area contributed by atoms with Crippen molar-refractivity contribution < 1.29 is 29.4 Å². The van der Waals surface area contributed by atoms with Crippen molar-refractivity contribution in [3.8, 4) is 0 Å². The number of imidazole rings is 1. The zero-order valence-corrected chi connectivity index (χ0v) is 18.1. The first-order valence-corrected chi connectivity index (χ1v) is 9.95. The predicted molar refractivity (Wildman–Crippen MR) is 110 cm³/mol. The van der Waals surface area contributed by atoms with Crippen LogP contribution in [0.2, 0.25) is 0 Å². The largest absolute Gasteiger partial charge is 0.480 e. The van der Waals surface area contributed by atoms with Gasteiger partial charge in [-0.2, -0.15) is 0 Å². The smallest absolute Gasteiger partial charge is 0.326 e. The SMILES string of the molecule is CC(C)C(NC(=O)C(CO)NC(=O)C(NC(=O)C(N)Cc1cnc[nH]1)C(C)C)C(=O)O. The Hall–Kier alpha value is -2.99. The van der Waals surface area contributed by atoms with Crippen molar-refractivity contribution in [2.45, 2.75) is 58.3 Å². The van der Waals surface area contributed by atoms with Gasteiger partial charge in [-0.1, -0.05) is 27.7 Å². The van der Waals surface area contributed by atoms with E-state index in [1.165, 1.54) is 12.5 Å². The molecule has 0 radical (unpaired) electrons. The Morgan fingerprint density at radius 3 is 2.03 bits per heavy atom. The number of carbonyl (C=O) groups is 4. The molecule has 0 aliphatic heterocycles. The second kappa shape index (κ2) is 12.0. The van der Waals surface area contributed by atoms with Crippen LogP contribution in [0.4, 0.5) is 0 Å². The number of carboxylic acid groups (broad SMARTS) is 1. The highest BCUT2D eigenvalue weighted by Crippen LogP contribution is 2.06. The molecule has 1 rings (SSSR count). The maximum absolute atomic E-state index is 12.7. The summed E-state index contributed by atoms with van der Waals surface area (Å²) in [5, 5.41) is 25.9. The van der Waals surface area contributed by atoms with Crippen molar-refractivity contribution in [1.29, 1.82) is 0 Å². The fourth-order valence-electron chi connectivity index (χ4n) is 2.74. The van der Waals surface area contributed by atoms with Crippen LogP contribution in [0.25, 0.3) is 0 Å². The molecule has 1 aromatic rings. The second-order valence-electron chi connectivity index (χ2n) is 7.93. The molecular formula is C19H32N6O6. The Labute approximate surface area is 180 Å². The lowest BCUT2D eigenvalue weighted by Gasteiger charge is -2.26. The summed E-state index contributed by atoms with van der Waals surface area (Å²) in [6, 6.07) is -4.53. The van der Waals surface area contributed by atoms with Gasteiger partial charge in [0, 0.05) is 18.3 Å². The maximum Gasteiger partial charge on any atom is 0.326 e. The Morgan fingerprint density at radius 1 is 1.00 bits per heavy atom.